The molecule has 3 N–H and O–H groups in total. The van der Waals surface area contributed by atoms with Crippen molar-refractivity contribution in [1.29, 1.82) is 5.26 Å². The van der Waals surface area contributed by atoms with Crippen LogP contribution in [0.4, 0.5) is 13.2 Å². The predicted molar refractivity (Wildman–Crippen MR) is 131 cm³/mol. The highest BCUT2D eigenvalue weighted by Crippen LogP contribution is 2.66. The number of carboxylic acids is 1. The van der Waals surface area contributed by atoms with E-state index in [1.165, 1.54) is 30.3 Å². The monoisotopic (exact) mass is 584 g/mol. The summed E-state index contributed by atoms with van der Waals surface area (Å²) < 4.78 is 81.9. The molecule has 1 heterocycles. The quantitative estimate of drug-likeness (QED) is 0.424. The van der Waals surface area contributed by atoms with Gasteiger partial charge in [-0.15, -0.1) is 0 Å². The van der Waals surface area contributed by atoms with Gasteiger partial charge >= 0.3 is 12.1 Å². The smallest absolute Gasteiger partial charge is 0.417 e. The van der Waals surface area contributed by atoms with Gasteiger partial charge in [0, 0.05) is 31.9 Å². The Hall–Kier alpha value is -3.48. The number of alkyl halides is 3. The number of carbonyl (C=O) groups is 2. The minimum atomic E-state index is -5.06. The lowest BCUT2D eigenvalue weighted by Crippen LogP contribution is -2.44. The summed E-state index contributed by atoms with van der Waals surface area (Å²) >= 11 is 0. The maximum atomic E-state index is 14.2. The molecule has 1 aromatic carbocycles. The number of halogens is 3. The second-order valence-electron chi connectivity index (χ2n) is 10.1. The van der Waals surface area contributed by atoms with Gasteiger partial charge in [-0.1, -0.05) is 6.07 Å². The van der Waals surface area contributed by atoms with Crippen molar-refractivity contribution in [3.05, 3.63) is 36.2 Å². The van der Waals surface area contributed by atoms with E-state index >= 15 is 0 Å². The number of sulfone groups is 1. The zero-order valence-corrected chi connectivity index (χ0v) is 22.3. The number of ether oxygens (including phenoxy) is 2. The Balaban J connectivity index is 1.75. The van der Waals surface area contributed by atoms with Gasteiger partial charge in [-0.3, -0.25) is 14.3 Å². The summed E-state index contributed by atoms with van der Waals surface area (Å²) in [6, 6.07) is 4.54. The van der Waals surface area contributed by atoms with Gasteiger partial charge < -0.3 is 20.3 Å². The molecular formula is C25H27F3N4O7S. The van der Waals surface area contributed by atoms with Crippen LogP contribution in [0.1, 0.15) is 24.8 Å². The second-order valence-corrected chi connectivity index (χ2v) is 12.3. The Morgan fingerprint density at radius 3 is 2.50 bits per heavy atom. The lowest BCUT2D eigenvalue weighted by Gasteiger charge is -2.31. The molecule has 1 amide bonds. The summed E-state index contributed by atoms with van der Waals surface area (Å²) in [7, 11) is -2.15. The van der Waals surface area contributed by atoms with Gasteiger partial charge in [0.15, 0.2) is 9.84 Å². The summed E-state index contributed by atoms with van der Waals surface area (Å²) in [6.45, 7) is 0.677. The number of nitrogens with zero attached hydrogens (tertiary/aromatic N) is 3. The molecule has 15 heteroatoms. The fourth-order valence-electron chi connectivity index (χ4n) is 5.84. The molecule has 216 valence electrons. The number of rotatable bonds is 10. The Morgan fingerprint density at radius 2 is 1.98 bits per heavy atom. The maximum Gasteiger partial charge on any atom is 0.417 e. The molecule has 0 bridgehead atoms. The van der Waals surface area contributed by atoms with E-state index < -0.39 is 79.3 Å². The van der Waals surface area contributed by atoms with Gasteiger partial charge in [0.1, 0.15) is 10.8 Å². The number of hydrogen-bond donors (Lipinski definition) is 2. The van der Waals surface area contributed by atoms with Crippen LogP contribution in [0.25, 0.3) is 11.1 Å². The normalized spacial score (nSPS) is 28.2. The van der Waals surface area contributed by atoms with Gasteiger partial charge in [0.2, 0.25) is 5.91 Å². The minimum absolute atomic E-state index is 0.0780. The van der Waals surface area contributed by atoms with Gasteiger partial charge in [0.25, 0.3) is 0 Å². The summed E-state index contributed by atoms with van der Waals surface area (Å²) in [4.78, 5) is 23.6. The Bertz CT molecular complexity index is 1490. The highest BCUT2D eigenvalue weighted by atomic mass is 32.2. The van der Waals surface area contributed by atoms with E-state index in [1.807, 2.05) is 0 Å². The Kier molecular flexibility index (Phi) is 7.50. The number of aromatic nitrogens is 2. The van der Waals surface area contributed by atoms with E-state index in [4.69, 9.17) is 15.2 Å². The van der Waals surface area contributed by atoms with E-state index in [0.717, 1.165) is 13.2 Å². The topological polar surface area (TPSA) is 175 Å². The predicted octanol–water partition coefficient (Wildman–Crippen LogP) is 2.25. The third kappa shape index (κ3) is 4.63. The molecule has 0 radical (unpaired) electrons. The number of methoxy groups -OCH3 is 2. The molecule has 4 rings (SSSR count). The standard InChI is InChI=1S/C25H27F3N4O7S/c1-38-6-5-32-12-15(11-31-32)14-3-4-18(17(7-14)25(26,27)28)40(36,37)16-8-20(39-2)24(9-16,22(34)35)19-10-23(19,13-29)21(30)33/h3-4,7,11-12,16,19-20H,5-6,8-10H2,1-2H3,(H2,30,33)(H,34,35)/t16-,19?,20+,23?,24+/m0/s1. The van der Waals surface area contributed by atoms with Gasteiger partial charge in [-0.25, -0.2) is 8.42 Å². The number of hydrogen-bond acceptors (Lipinski definition) is 8. The Morgan fingerprint density at radius 1 is 1.27 bits per heavy atom. The van der Waals surface area contributed by atoms with Crippen molar-refractivity contribution >= 4 is 21.7 Å². The van der Waals surface area contributed by atoms with Crippen molar-refractivity contribution in [2.24, 2.45) is 22.5 Å². The van der Waals surface area contributed by atoms with Crippen LogP contribution >= 0.6 is 0 Å². The first kappa shape index (κ1) is 29.5. The largest absolute Gasteiger partial charge is 0.481 e. The van der Waals surface area contributed by atoms with Crippen molar-refractivity contribution in [2.75, 3.05) is 20.8 Å². The number of carbonyl (C=O) groups excluding carboxylic acids is 1. The molecule has 11 nitrogen and oxygen atoms in total. The molecule has 2 aliphatic rings. The van der Waals surface area contributed by atoms with Gasteiger partial charge in [-0.05, 0) is 37.0 Å². The number of aliphatic carboxylic acids is 1. The molecule has 2 aliphatic carbocycles. The average molecular weight is 585 g/mol. The van der Waals surface area contributed by atoms with E-state index in [1.54, 1.807) is 6.07 Å². The van der Waals surface area contributed by atoms with Crippen molar-refractivity contribution in [1.82, 2.24) is 9.78 Å². The molecule has 2 saturated carbocycles. The third-order valence-electron chi connectivity index (χ3n) is 8.04. The van der Waals surface area contributed by atoms with Crippen LogP contribution < -0.4 is 5.73 Å². The molecule has 40 heavy (non-hydrogen) atoms. The minimum Gasteiger partial charge on any atom is -0.481 e. The molecule has 0 spiro atoms. The van der Waals surface area contributed by atoms with Crippen LogP contribution in [0.5, 0.6) is 0 Å². The first-order valence-corrected chi connectivity index (χ1v) is 13.7. The number of nitrogens with two attached hydrogens (primary N) is 1. The third-order valence-corrected chi connectivity index (χ3v) is 10.2. The van der Waals surface area contributed by atoms with Crippen LogP contribution in [-0.2, 0) is 41.6 Å². The molecule has 2 aromatic rings. The summed E-state index contributed by atoms with van der Waals surface area (Å²) in [5.41, 5.74) is 0.499. The Labute approximate surface area is 227 Å². The van der Waals surface area contributed by atoms with Crippen LogP contribution in [0.3, 0.4) is 0 Å². The first-order chi connectivity index (χ1) is 18.7. The SMILES string of the molecule is COCCn1cc(-c2ccc(S(=O)(=O)[C@H]3C[C@@H](OC)[C@](C(=O)O)(C4CC4(C#N)C(N)=O)C3)c(C(F)(F)F)c2)cn1. The van der Waals surface area contributed by atoms with E-state index in [2.05, 4.69) is 5.10 Å². The lowest BCUT2D eigenvalue weighted by molar-refractivity contribution is -0.159. The fraction of sp³-hybridized carbons (Fsp3) is 0.520. The molecule has 5 atom stereocenters. The maximum absolute atomic E-state index is 14.2. The van der Waals surface area contributed by atoms with Crippen LogP contribution in [0, 0.1) is 28.1 Å². The zero-order valence-electron chi connectivity index (χ0n) is 21.5. The molecule has 0 saturated heterocycles. The highest BCUT2D eigenvalue weighted by molar-refractivity contribution is 7.92. The first-order valence-electron chi connectivity index (χ1n) is 12.1. The molecule has 0 aliphatic heterocycles. The zero-order chi connectivity index (χ0) is 29.7. The number of primary amides is 1. The molecular weight excluding hydrogens is 557 g/mol. The van der Waals surface area contributed by atoms with Crippen LogP contribution in [-0.4, -0.2) is 67.4 Å². The lowest BCUT2D eigenvalue weighted by atomic mass is 9.75. The van der Waals surface area contributed by atoms with E-state index in [-0.39, 0.29) is 12.0 Å². The summed E-state index contributed by atoms with van der Waals surface area (Å²) in [5.74, 6) is -3.73. The van der Waals surface area contributed by atoms with Crippen molar-refractivity contribution < 1.29 is 45.8 Å². The van der Waals surface area contributed by atoms with Crippen molar-refractivity contribution in [2.45, 2.75) is 48.2 Å². The summed E-state index contributed by atoms with van der Waals surface area (Å²) in [6.07, 6.45) is -4.85. The van der Waals surface area contributed by atoms with E-state index in [9.17, 15) is 41.5 Å². The molecule has 2 fully saturated rings. The number of benzene rings is 1. The van der Waals surface area contributed by atoms with Gasteiger partial charge in [0.05, 0.1) is 47.2 Å². The van der Waals surface area contributed by atoms with Crippen LogP contribution in [0.2, 0.25) is 0 Å². The number of nitriles is 1. The van der Waals surface area contributed by atoms with Gasteiger partial charge in [-0.2, -0.15) is 23.5 Å². The van der Waals surface area contributed by atoms with E-state index in [0.29, 0.717) is 24.8 Å². The highest BCUT2D eigenvalue weighted by Gasteiger charge is 2.75. The molecule has 2 unspecified atom stereocenters. The van der Waals surface area contributed by atoms with Crippen LogP contribution in [0.15, 0.2) is 35.5 Å². The number of amides is 1. The fourth-order valence-corrected chi connectivity index (χ4v) is 7.86. The molecule has 1 aromatic heterocycles. The average Bonchev–Trinajstić information content (AvgIpc) is 3.26. The van der Waals surface area contributed by atoms with Crippen molar-refractivity contribution in [3.8, 4) is 17.2 Å². The number of carboxylic acid groups (broad SMARTS) is 1. The second kappa shape index (κ2) is 10.2. The van der Waals surface area contributed by atoms with Crippen molar-refractivity contribution in [3.63, 3.8) is 0 Å². The summed E-state index contributed by atoms with van der Waals surface area (Å²) in [5, 5.41) is 22.3.